The minimum Gasteiger partial charge on any atom is -0.508 e. The molecule has 4 saturated heterocycles. The number of halogens is 2. The fraction of sp³-hybridized carbons (Fsp3) is 0.500. The molecule has 45 heavy (non-hydrogen) atoms. The number of rotatable bonds is 5. The lowest BCUT2D eigenvalue weighted by molar-refractivity contribution is 0.107. The van der Waals surface area contributed by atoms with Crippen molar-refractivity contribution < 1.29 is 23.4 Å². The molecule has 5 aliphatic heterocycles. The van der Waals surface area contributed by atoms with Gasteiger partial charge in [-0.2, -0.15) is 9.97 Å². The van der Waals surface area contributed by atoms with Crippen LogP contribution in [0.5, 0.6) is 17.6 Å². The molecule has 7 heterocycles. The first-order valence-corrected chi connectivity index (χ1v) is 16.2. The Bertz CT molecular complexity index is 1860. The minimum absolute atomic E-state index is 0.0187. The summed E-state index contributed by atoms with van der Waals surface area (Å²) in [5, 5.41) is 16.5. The van der Waals surface area contributed by atoms with Crippen LogP contribution in [0.3, 0.4) is 0 Å². The number of aromatic nitrogens is 3. The molecule has 0 radical (unpaired) electrons. The Morgan fingerprint density at radius 3 is 2.96 bits per heavy atom. The first kappa shape index (κ1) is 27.5. The average Bonchev–Trinajstić information content (AvgIpc) is 3.67. The first-order chi connectivity index (χ1) is 21.9. The van der Waals surface area contributed by atoms with E-state index in [1.165, 1.54) is 0 Å². The summed E-state index contributed by atoms with van der Waals surface area (Å²) in [7, 11) is 0. The van der Waals surface area contributed by atoms with Crippen LogP contribution in [0, 0.1) is 5.82 Å². The standard InChI is InChI=1S/C34H36F2N6O3/c1-2-18-5-3-6-19-11-22(43)12-23(26(18)19)29-28(36)30-27-31(42-15-21-7-8-24(37-21)25(42)16-44-32(27)38-29)40-33(39-30)45-17-34-9-4-10-41(34)14-20(35)13-34/h3,5-6,11-12,20-21,24-25,37,43H,2,4,7-10,13-17H2,1H3/t20-,21+,24-,25-,34-/m0/s1. The Balaban J connectivity index is 1.24. The molecule has 0 saturated carbocycles. The maximum atomic E-state index is 17.0. The third-order valence-corrected chi connectivity index (χ3v) is 10.8. The second-order valence-corrected chi connectivity index (χ2v) is 13.4. The van der Waals surface area contributed by atoms with Crippen LogP contribution in [0.15, 0.2) is 30.3 Å². The van der Waals surface area contributed by atoms with Gasteiger partial charge in [0.05, 0.1) is 11.6 Å². The van der Waals surface area contributed by atoms with Gasteiger partial charge in [-0.05, 0) is 67.1 Å². The number of aryl methyl sites for hydroxylation is 1. The Kier molecular flexibility index (Phi) is 6.16. The number of hydrogen-bond donors (Lipinski definition) is 2. The summed E-state index contributed by atoms with van der Waals surface area (Å²) in [5.41, 5.74) is 1.24. The molecule has 2 bridgehead atoms. The van der Waals surface area contributed by atoms with Crippen LogP contribution in [0.25, 0.3) is 32.9 Å². The maximum Gasteiger partial charge on any atom is 0.319 e. The number of phenols is 1. The van der Waals surface area contributed by atoms with Crippen LogP contribution in [0.1, 0.15) is 44.6 Å². The van der Waals surface area contributed by atoms with Crippen molar-refractivity contribution in [3.8, 4) is 28.9 Å². The van der Waals surface area contributed by atoms with Gasteiger partial charge < -0.3 is 24.8 Å². The number of aromatic hydroxyl groups is 1. The first-order valence-electron chi connectivity index (χ1n) is 16.2. The summed E-state index contributed by atoms with van der Waals surface area (Å²) in [4.78, 5) is 18.8. The van der Waals surface area contributed by atoms with Crippen LogP contribution < -0.4 is 19.7 Å². The summed E-state index contributed by atoms with van der Waals surface area (Å²) >= 11 is 0. The molecule has 2 N–H and O–H groups in total. The van der Waals surface area contributed by atoms with E-state index in [9.17, 15) is 9.50 Å². The maximum absolute atomic E-state index is 17.0. The van der Waals surface area contributed by atoms with Gasteiger partial charge in [0.1, 0.15) is 47.5 Å². The van der Waals surface area contributed by atoms with E-state index < -0.39 is 17.5 Å². The number of pyridine rings is 1. The summed E-state index contributed by atoms with van der Waals surface area (Å²) in [6.45, 7) is 4.63. The number of hydrogen-bond acceptors (Lipinski definition) is 9. The molecule has 9 nitrogen and oxygen atoms in total. The van der Waals surface area contributed by atoms with Crippen molar-refractivity contribution in [2.75, 3.05) is 37.7 Å². The number of nitrogens with zero attached hydrogens (tertiary/aromatic N) is 5. The summed E-state index contributed by atoms with van der Waals surface area (Å²) in [6.07, 6.45) is 4.18. The van der Waals surface area contributed by atoms with E-state index in [4.69, 9.17) is 19.4 Å². The normalized spacial score (nSPS) is 28.7. The molecule has 0 spiro atoms. The second-order valence-electron chi connectivity index (χ2n) is 13.4. The number of ether oxygens (including phenoxy) is 2. The molecule has 11 heteroatoms. The molecule has 0 amide bonds. The largest absolute Gasteiger partial charge is 0.508 e. The lowest BCUT2D eigenvalue weighted by atomic mass is 9.95. The molecular formula is C34H36F2N6O3. The Morgan fingerprint density at radius 2 is 2.07 bits per heavy atom. The Labute approximate surface area is 259 Å². The molecule has 234 valence electrons. The zero-order valence-corrected chi connectivity index (χ0v) is 25.2. The minimum atomic E-state index is -0.885. The highest BCUT2D eigenvalue weighted by molar-refractivity contribution is 6.03. The van der Waals surface area contributed by atoms with Crippen molar-refractivity contribution >= 4 is 27.5 Å². The van der Waals surface area contributed by atoms with E-state index in [1.54, 1.807) is 12.1 Å². The van der Waals surface area contributed by atoms with E-state index >= 15 is 4.39 Å². The van der Waals surface area contributed by atoms with Crippen LogP contribution in [-0.4, -0.2) is 87.6 Å². The molecule has 4 fully saturated rings. The van der Waals surface area contributed by atoms with Crippen molar-refractivity contribution in [1.29, 1.82) is 0 Å². The molecule has 4 aromatic rings. The van der Waals surface area contributed by atoms with Crippen LogP contribution in [0.2, 0.25) is 0 Å². The quantitative estimate of drug-likeness (QED) is 0.325. The van der Waals surface area contributed by atoms with Gasteiger partial charge in [-0.25, -0.2) is 13.8 Å². The number of benzene rings is 2. The van der Waals surface area contributed by atoms with E-state index in [0.29, 0.717) is 48.9 Å². The third-order valence-electron chi connectivity index (χ3n) is 10.8. The van der Waals surface area contributed by atoms with Gasteiger partial charge in [0.25, 0.3) is 0 Å². The third kappa shape index (κ3) is 4.19. The number of anilines is 1. The highest BCUT2D eigenvalue weighted by atomic mass is 19.1. The number of alkyl halides is 1. The van der Waals surface area contributed by atoms with Crippen molar-refractivity contribution in [1.82, 2.24) is 25.2 Å². The molecule has 2 aromatic heterocycles. The lowest BCUT2D eigenvalue weighted by Gasteiger charge is -2.40. The summed E-state index contributed by atoms with van der Waals surface area (Å²) in [5.74, 6) is 0.240. The van der Waals surface area contributed by atoms with E-state index in [2.05, 4.69) is 20.1 Å². The van der Waals surface area contributed by atoms with Gasteiger partial charge in [-0.15, -0.1) is 0 Å². The SMILES string of the molecule is CCc1cccc2cc(O)cc(-c3nc4c5c(nc(OC[C@@]67CCCN6C[C@@H](F)C7)nc5c3F)N3C[C@H]5CC[C@H](N5)[C@@H]3CO4)c12. The number of nitrogens with one attached hydrogen (secondary N) is 1. The fourth-order valence-electron chi connectivity index (χ4n) is 8.78. The van der Waals surface area contributed by atoms with Crippen LogP contribution in [0.4, 0.5) is 14.6 Å². The molecule has 0 unspecified atom stereocenters. The van der Waals surface area contributed by atoms with Gasteiger partial charge in [0.2, 0.25) is 5.88 Å². The Hall–Kier alpha value is -3.83. The molecule has 2 aromatic carbocycles. The van der Waals surface area contributed by atoms with Crippen molar-refractivity contribution in [3.63, 3.8) is 0 Å². The van der Waals surface area contributed by atoms with Crippen molar-refractivity contribution in [3.05, 3.63) is 41.7 Å². The number of piperazine rings is 1. The van der Waals surface area contributed by atoms with Gasteiger partial charge in [-0.1, -0.05) is 25.1 Å². The van der Waals surface area contributed by atoms with E-state index in [0.717, 1.165) is 55.0 Å². The smallest absolute Gasteiger partial charge is 0.319 e. The zero-order valence-electron chi connectivity index (χ0n) is 25.2. The topological polar surface area (TPSA) is 95.9 Å². The van der Waals surface area contributed by atoms with Crippen molar-refractivity contribution in [2.24, 2.45) is 0 Å². The second kappa shape index (κ2) is 10.1. The van der Waals surface area contributed by atoms with Gasteiger partial charge in [0, 0.05) is 37.2 Å². The number of fused-ring (bicyclic) bond motifs is 7. The monoisotopic (exact) mass is 614 g/mol. The molecule has 9 rings (SSSR count). The average molecular weight is 615 g/mol. The number of phenolic OH excluding ortho intramolecular Hbond substituents is 1. The van der Waals surface area contributed by atoms with Gasteiger partial charge >= 0.3 is 6.01 Å². The van der Waals surface area contributed by atoms with Crippen LogP contribution in [-0.2, 0) is 6.42 Å². The fourth-order valence-corrected chi connectivity index (χ4v) is 8.78. The highest BCUT2D eigenvalue weighted by Crippen LogP contribution is 2.45. The molecule has 5 atom stereocenters. The molecular weight excluding hydrogens is 578 g/mol. The van der Waals surface area contributed by atoms with Crippen LogP contribution >= 0.6 is 0 Å². The lowest BCUT2D eigenvalue weighted by Crippen LogP contribution is -2.60. The Morgan fingerprint density at radius 1 is 1.16 bits per heavy atom. The molecule has 0 aliphatic carbocycles. The predicted octanol–water partition coefficient (Wildman–Crippen LogP) is 4.91. The summed E-state index contributed by atoms with van der Waals surface area (Å²) < 4.78 is 44.3. The van der Waals surface area contributed by atoms with E-state index in [-0.39, 0.29) is 47.5 Å². The van der Waals surface area contributed by atoms with Gasteiger partial charge in [-0.3, -0.25) is 4.90 Å². The zero-order chi connectivity index (χ0) is 30.4. The predicted molar refractivity (Wildman–Crippen MR) is 166 cm³/mol. The van der Waals surface area contributed by atoms with Gasteiger partial charge in [0.15, 0.2) is 5.82 Å². The molecule has 5 aliphatic rings. The van der Waals surface area contributed by atoms with E-state index in [1.807, 2.05) is 25.1 Å². The highest BCUT2D eigenvalue weighted by Gasteiger charge is 2.50. The van der Waals surface area contributed by atoms with Crippen molar-refractivity contribution in [2.45, 2.75) is 75.3 Å². The summed E-state index contributed by atoms with van der Waals surface area (Å²) in [6, 6.07) is 9.68.